The summed E-state index contributed by atoms with van der Waals surface area (Å²) >= 11 is 0. The van der Waals surface area contributed by atoms with Crippen molar-refractivity contribution in [2.24, 2.45) is 0 Å². The first-order chi connectivity index (χ1) is 4.47. The van der Waals surface area contributed by atoms with E-state index >= 15 is 0 Å². The van der Waals surface area contributed by atoms with Crippen molar-refractivity contribution < 1.29 is 0 Å². The summed E-state index contributed by atoms with van der Waals surface area (Å²) in [6.07, 6.45) is 4.89. The number of H-pyrrole nitrogens is 1. The van der Waals surface area contributed by atoms with Crippen molar-refractivity contribution >= 4 is 11.0 Å². The van der Waals surface area contributed by atoms with Crippen LogP contribution in [0.15, 0.2) is 18.7 Å². The third-order valence-electron chi connectivity index (χ3n) is 1.11. The molecule has 1 N–H and O–H groups in total. The lowest BCUT2D eigenvalue weighted by Gasteiger charge is -1.80. The number of aromatic amines is 1. The Labute approximate surface area is 58.3 Å². The van der Waals surface area contributed by atoms with E-state index in [4.69, 9.17) is 0 Å². The van der Waals surface area contributed by atoms with Gasteiger partial charge in [0.25, 0.3) is 0 Å². The molecule has 52 valence electrons. The summed E-state index contributed by atoms with van der Waals surface area (Å²) < 4.78 is 0. The first-order valence-corrected chi connectivity index (χ1v) is 2.56. The Bertz CT molecular complexity index is 284. The zero-order chi connectivity index (χ0) is 6.10. The number of nitrogens with one attached hydrogen (secondary N) is 1. The number of fused-ring (bicyclic) bond motifs is 1. The van der Waals surface area contributed by atoms with E-state index in [0.29, 0.717) is 0 Å². The highest BCUT2D eigenvalue weighted by atomic mass is 15.1. The smallest absolute Gasteiger partial charge is 0.158 e. The molecule has 0 fully saturated rings. The van der Waals surface area contributed by atoms with E-state index in [1.54, 1.807) is 12.4 Å². The third-order valence-corrected chi connectivity index (χ3v) is 1.11. The van der Waals surface area contributed by atoms with E-state index < -0.39 is 0 Å². The van der Waals surface area contributed by atoms with Crippen molar-refractivity contribution in [3.8, 4) is 0 Å². The Morgan fingerprint density at radius 2 is 2.20 bits per heavy atom. The van der Waals surface area contributed by atoms with Crippen LogP contribution in [0.1, 0.15) is 7.43 Å². The van der Waals surface area contributed by atoms with Crippen LogP contribution in [-0.4, -0.2) is 20.2 Å². The Morgan fingerprint density at radius 1 is 1.30 bits per heavy atom. The summed E-state index contributed by atoms with van der Waals surface area (Å²) in [6, 6.07) is 0. The second kappa shape index (κ2) is 2.43. The number of rotatable bonds is 0. The summed E-state index contributed by atoms with van der Waals surface area (Å²) in [5, 5.41) is 7.43. The van der Waals surface area contributed by atoms with E-state index in [0.717, 1.165) is 11.0 Å². The van der Waals surface area contributed by atoms with Crippen LogP contribution in [0.5, 0.6) is 0 Å². The second-order valence-electron chi connectivity index (χ2n) is 1.70. The number of hydrogen-bond acceptors (Lipinski definition) is 3. The molecule has 0 radical (unpaired) electrons. The molecule has 0 saturated heterocycles. The quantitative estimate of drug-likeness (QED) is 0.587. The second-order valence-corrected chi connectivity index (χ2v) is 1.70. The molecule has 2 aromatic heterocycles. The zero-order valence-electron chi connectivity index (χ0n) is 4.57. The first-order valence-electron chi connectivity index (χ1n) is 2.56. The Kier molecular flexibility index (Phi) is 1.62. The molecule has 0 bridgehead atoms. The van der Waals surface area contributed by atoms with Gasteiger partial charge in [-0.15, -0.1) is 0 Å². The first kappa shape index (κ1) is 6.67. The van der Waals surface area contributed by atoms with Crippen LogP contribution in [0, 0.1) is 0 Å². The molecular formula is C6H8N4. The van der Waals surface area contributed by atoms with Gasteiger partial charge in [-0.1, -0.05) is 7.43 Å². The minimum atomic E-state index is 0. The monoisotopic (exact) mass is 136 g/mol. The van der Waals surface area contributed by atoms with Gasteiger partial charge in [-0.2, -0.15) is 5.10 Å². The van der Waals surface area contributed by atoms with Crippen LogP contribution in [0.3, 0.4) is 0 Å². The van der Waals surface area contributed by atoms with Gasteiger partial charge in [-0.3, -0.25) is 5.10 Å². The van der Waals surface area contributed by atoms with Gasteiger partial charge in [0, 0.05) is 6.20 Å². The molecule has 0 atom stereocenters. The molecule has 2 rings (SSSR count). The average Bonchev–Trinajstić information content (AvgIpc) is 2.33. The van der Waals surface area contributed by atoms with Gasteiger partial charge in [0.2, 0.25) is 0 Å². The van der Waals surface area contributed by atoms with Crippen LogP contribution in [-0.2, 0) is 0 Å². The van der Waals surface area contributed by atoms with Crippen LogP contribution in [0.2, 0.25) is 0 Å². The lowest BCUT2D eigenvalue weighted by Crippen LogP contribution is -1.75. The van der Waals surface area contributed by atoms with Crippen LogP contribution >= 0.6 is 0 Å². The fourth-order valence-electron chi connectivity index (χ4n) is 0.691. The molecule has 0 unspecified atom stereocenters. The van der Waals surface area contributed by atoms with Crippen molar-refractivity contribution in [1.82, 2.24) is 20.2 Å². The van der Waals surface area contributed by atoms with Crippen molar-refractivity contribution in [2.45, 2.75) is 7.43 Å². The lowest BCUT2D eigenvalue weighted by atomic mass is 10.5. The van der Waals surface area contributed by atoms with Crippen molar-refractivity contribution in [1.29, 1.82) is 0 Å². The maximum absolute atomic E-state index is 3.91. The standard InChI is InChI=1S/C5H4N4.CH4/c1-4-2-8-9-5(4)7-3-6-1;/h1-3H,(H,6,7,8,9);1H4. The lowest BCUT2D eigenvalue weighted by molar-refractivity contribution is 1.09. The molecule has 0 aliphatic carbocycles. The molecule has 10 heavy (non-hydrogen) atoms. The predicted molar refractivity (Wildman–Crippen MR) is 38.4 cm³/mol. The molecule has 0 spiro atoms. The van der Waals surface area contributed by atoms with Gasteiger partial charge in [-0.05, 0) is 0 Å². The highest BCUT2D eigenvalue weighted by Gasteiger charge is 1.90. The highest BCUT2D eigenvalue weighted by Crippen LogP contribution is 2.01. The zero-order valence-corrected chi connectivity index (χ0v) is 4.57. The Hall–Kier alpha value is -1.45. The van der Waals surface area contributed by atoms with Gasteiger partial charge in [-0.25, -0.2) is 9.97 Å². The van der Waals surface area contributed by atoms with E-state index in [-0.39, 0.29) is 7.43 Å². The average molecular weight is 136 g/mol. The van der Waals surface area contributed by atoms with Gasteiger partial charge in [0.05, 0.1) is 11.6 Å². The van der Waals surface area contributed by atoms with Crippen molar-refractivity contribution in [3.63, 3.8) is 0 Å². The number of hydrogen-bond donors (Lipinski definition) is 1. The summed E-state index contributed by atoms with van der Waals surface area (Å²) in [5.41, 5.74) is 0.782. The minimum Gasteiger partial charge on any atom is -0.261 e. The summed E-state index contributed by atoms with van der Waals surface area (Å²) in [5.74, 6) is 0. The predicted octanol–water partition coefficient (Wildman–Crippen LogP) is 0.989. The Morgan fingerprint density at radius 3 is 3.00 bits per heavy atom. The minimum absolute atomic E-state index is 0. The van der Waals surface area contributed by atoms with Crippen LogP contribution < -0.4 is 0 Å². The summed E-state index contributed by atoms with van der Waals surface area (Å²) in [7, 11) is 0. The number of nitrogens with zero attached hydrogens (tertiary/aromatic N) is 3. The fourth-order valence-corrected chi connectivity index (χ4v) is 0.691. The maximum Gasteiger partial charge on any atom is 0.158 e. The number of aromatic nitrogens is 4. The summed E-state index contributed by atoms with van der Waals surface area (Å²) in [4.78, 5) is 7.73. The molecule has 4 nitrogen and oxygen atoms in total. The maximum atomic E-state index is 3.91. The molecular weight excluding hydrogens is 128 g/mol. The molecule has 2 heterocycles. The normalized spacial score (nSPS) is 9.20. The molecule has 0 aliphatic rings. The Balaban J connectivity index is 0.000000500. The highest BCUT2D eigenvalue weighted by molar-refractivity contribution is 5.71. The fraction of sp³-hybridized carbons (Fsp3) is 0.167. The van der Waals surface area contributed by atoms with Crippen LogP contribution in [0.4, 0.5) is 0 Å². The SMILES string of the molecule is C.c1ncc2cn[nH]c2n1. The third kappa shape index (κ3) is 0.834. The summed E-state index contributed by atoms with van der Waals surface area (Å²) in [6.45, 7) is 0. The van der Waals surface area contributed by atoms with E-state index in [2.05, 4.69) is 20.2 Å². The molecule has 4 heteroatoms. The van der Waals surface area contributed by atoms with Gasteiger partial charge >= 0.3 is 0 Å². The van der Waals surface area contributed by atoms with Crippen molar-refractivity contribution in [2.75, 3.05) is 0 Å². The largest absolute Gasteiger partial charge is 0.261 e. The molecule has 2 aromatic rings. The van der Waals surface area contributed by atoms with E-state index in [1.807, 2.05) is 0 Å². The van der Waals surface area contributed by atoms with Gasteiger partial charge < -0.3 is 0 Å². The topological polar surface area (TPSA) is 54.5 Å². The molecule has 0 aromatic carbocycles. The molecule has 0 aliphatic heterocycles. The molecule has 0 amide bonds. The molecule has 0 saturated carbocycles. The van der Waals surface area contributed by atoms with Gasteiger partial charge in [0.15, 0.2) is 5.65 Å². The van der Waals surface area contributed by atoms with E-state index in [1.165, 1.54) is 6.33 Å². The van der Waals surface area contributed by atoms with Crippen molar-refractivity contribution in [3.05, 3.63) is 18.7 Å². The van der Waals surface area contributed by atoms with E-state index in [9.17, 15) is 0 Å². The van der Waals surface area contributed by atoms with Gasteiger partial charge in [0.1, 0.15) is 6.33 Å². The van der Waals surface area contributed by atoms with Crippen LogP contribution in [0.25, 0.3) is 11.0 Å².